The highest BCUT2D eigenvalue weighted by molar-refractivity contribution is 7.17. The Morgan fingerprint density at radius 3 is 2.59 bits per heavy atom. The van der Waals surface area contributed by atoms with Gasteiger partial charge in [0.25, 0.3) is 0 Å². The SMILES string of the molecule is CCC1CCC(NC(=O)[C@@H]2C[C@H]2CN2CCC(c3noc4ccsc34)CC2)CC1.CN(C)C=O. The summed E-state index contributed by atoms with van der Waals surface area (Å²) in [5.41, 5.74) is 2.10. The molecule has 2 aliphatic carbocycles. The Balaban J connectivity index is 0.000000499. The van der Waals surface area contributed by atoms with Crippen LogP contribution in [0.25, 0.3) is 10.3 Å². The molecule has 8 heteroatoms. The number of hydrogen-bond donors (Lipinski definition) is 1. The van der Waals surface area contributed by atoms with Crippen molar-refractivity contribution in [2.75, 3.05) is 33.7 Å². The van der Waals surface area contributed by atoms with Crippen LogP contribution in [-0.2, 0) is 9.59 Å². The standard InChI is InChI=1S/C23H33N3O2S.C3H7NO/c1-2-15-3-5-18(6-4-15)24-23(27)19-13-17(19)14-26-10-7-16(8-11-26)21-22-20(28-25-21)9-12-29-22;1-4(2)3-5/h9,12,15-19H,2-8,10-11,13-14H2,1H3,(H,24,27);3H,1-2H3/t15?,17-,18?,19+;/m0./s1. The highest BCUT2D eigenvalue weighted by Gasteiger charge is 2.44. The largest absolute Gasteiger partial charge is 0.355 e. The van der Waals surface area contributed by atoms with Gasteiger partial charge in [-0.15, -0.1) is 11.3 Å². The maximum Gasteiger partial charge on any atom is 0.223 e. The summed E-state index contributed by atoms with van der Waals surface area (Å²) in [4.78, 5) is 26.1. The molecule has 0 spiro atoms. The molecule has 3 fully saturated rings. The van der Waals surface area contributed by atoms with Crippen LogP contribution in [-0.4, -0.2) is 67.0 Å². The number of amides is 2. The first-order chi connectivity index (χ1) is 16.5. The summed E-state index contributed by atoms with van der Waals surface area (Å²) in [5.74, 6) is 2.55. The van der Waals surface area contributed by atoms with E-state index in [-0.39, 0.29) is 5.92 Å². The monoisotopic (exact) mass is 488 g/mol. The molecule has 1 saturated heterocycles. The average Bonchev–Trinajstić information content (AvgIpc) is 3.26. The van der Waals surface area contributed by atoms with E-state index in [1.54, 1.807) is 25.4 Å². The molecule has 188 valence electrons. The van der Waals surface area contributed by atoms with Gasteiger partial charge in [-0.1, -0.05) is 18.5 Å². The number of aromatic nitrogens is 1. The average molecular weight is 489 g/mol. The fourth-order valence-corrected chi connectivity index (χ4v) is 6.34. The first kappa shape index (κ1) is 25.2. The molecule has 0 aromatic carbocycles. The van der Waals surface area contributed by atoms with E-state index in [1.165, 1.54) is 41.7 Å². The topological polar surface area (TPSA) is 78.7 Å². The molecule has 1 N–H and O–H groups in total. The third-order valence-electron chi connectivity index (χ3n) is 7.81. The van der Waals surface area contributed by atoms with Crippen LogP contribution in [0, 0.1) is 17.8 Å². The molecule has 3 heterocycles. The minimum Gasteiger partial charge on any atom is -0.355 e. The molecule has 2 saturated carbocycles. The van der Waals surface area contributed by atoms with Gasteiger partial charge in [0.2, 0.25) is 12.3 Å². The van der Waals surface area contributed by atoms with Crippen molar-refractivity contribution in [1.29, 1.82) is 0 Å². The zero-order valence-corrected chi connectivity index (χ0v) is 21.7. The number of rotatable bonds is 7. The number of fused-ring (bicyclic) bond motifs is 1. The molecule has 3 aliphatic rings. The van der Waals surface area contributed by atoms with E-state index in [4.69, 9.17) is 4.52 Å². The van der Waals surface area contributed by atoms with Crippen molar-refractivity contribution in [3.05, 3.63) is 17.1 Å². The quantitative estimate of drug-likeness (QED) is 0.581. The number of nitrogens with one attached hydrogen (secondary N) is 1. The number of likely N-dealkylation sites (tertiary alicyclic amines) is 1. The van der Waals surface area contributed by atoms with Crippen LogP contribution in [0.15, 0.2) is 16.0 Å². The first-order valence-corrected chi connectivity index (χ1v) is 13.8. The van der Waals surface area contributed by atoms with Gasteiger partial charge in [-0.05, 0) is 81.3 Å². The van der Waals surface area contributed by atoms with E-state index in [9.17, 15) is 9.59 Å². The maximum absolute atomic E-state index is 12.6. The number of carbonyl (C=O) groups excluding carboxylic acids is 2. The highest BCUT2D eigenvalue weighted by atomic mass is 32.1. The first-order valence-electron chi connectivity index (χ1n) is 13.0. The molecular formula is C26H40N4O3S. The number of hydrogen-bond acceptors (Lipinski definition) is 6. The molecule has 2 atom stereocenters. The van der Waals surface area contributed by atoms with Crippen LogP contribution in [0.4, 0.5) is 0 Å². The van der Waals surface area contributed by atoms with Gasteiger partial charge in [0, 0.05) is 38.5 Å². The Morgan fingerprint density at radius 1 is 1.24 bits per heavy atom. The minimum atomic E-state index is 0.262. The zero-order chi connectivity index (χ0) is 24.1. The number of thiophene rings is 1. The second-order valence-electron chi connectivity index (χ2n) is 10.6. The summed E-state index contributed by atoms with van der Waals surface area (Å²) in [6.45, 7) is 5.59. The molecule has 2 aromatic rings. The second kappa shape index (κ2) is 11.7. The Kier molecular flexibility index (Phi) is 8.64. The number of carbonyl (C=O) groups is 2. The van der Waals surface area contributed by atoms with E-state index in [2.05, 4.69) is 27.7 Å². The van der Waals surface area contributed by atoms with Gasteiger partial charge < -0.3 is 19.6 Å². The number of nitrogens with zero attached hydrogens (tertiary/aromatic N) is 3. The predicted molar refractivity (Wildman–Crippen MR) is 136 cm³/mol. The van der Waals surface area contributed by atoms with Gasteiger partial charge in [0.1, 0.15) is 5.69 Å². The van der Waals surface area contributed by atoms with Crippen molar-refractivity contribution in [2.45, 2.75) is 70.3 Å². The van der Waals surface area contributed by atoms with Crippen molar-refractivity contribution in [3.63, 3.8) is 0 Å². The van der Waals surface area contributed by atoms with Crippen LogP contribution in [0.1, 0.15) is 69.9 Å². The van der Waals surface area contributed by atoms with Crippen LogP contribution in [0.3, 0.4) is 0 Å². The summed E-state index contributed by atoms with van der Waals surface area (Å²) in [6.07, 6.45) is 10.3. The predicted octanol–water partition coefficient (Wildman–Crippen LogP) is 4.49. The van der Waals surface area contributed by atoms with Gasteiger partial charge >= 0.3 is 0 Å². The van der Waals surface area contributed by atoms with Gasteiger partial charge in [0.05, 0.1) is 4.70 Å². The Labute approximate surface area is 207 Å². The summed E-state index contributed by atoms with van der Waals surface area (Å²) in [5, 5.41) is 9.79. The highest BCUT2D eigenvalue weighted by Crippen LogP contribution is 2.41. The van der Waals surface area contributed by atoms with Crippen molar-refractivity contribution < 1.29 is 14.1 Å². The lowest BCUT2D eigenvalue weighted by atomic mass is 9.84. The van der Waals surface area contributed by atoms with Crippen molar-refractivity contribution in [1.82, 2.24) is 20.3 Å². The smallest absolute Gasteiger partial charge is 0.223 e. The summed E-state index contributed by atoms with van der Waals surface area (Å²) in [7, 11) is 3.38. The van der Waals surface area contributed by atoms with E-state index >= 15 is 0 Å². The summed E-state index contributed by atoms with van der Waals surface area (Å²) >= 11 is 1.74. The van der Waals surface area contributed by atoms with Gasteiger partial charge in [-0.25, -0.2) is 0 Å². The van der Waals surface area contributed by atoms with Gasteiger partial charge in [0.15, 0.2) is 5.58 Å². The Bertz CT molecular complexity index is 926. The van der Waals surface area contributed by atoms with Crippen molar-refractivity contribution >= 4 is 33.9 Å². The summed E-state index contributed by atoms with van der Waals surface area (Å²) < 4.78 is 6.69. The minimum absolute atomic E-state index is 0.262. The fraction of sp³-hybridized carbons (Fsp3) is 0.731. The lowest BCUT2D eigenvalue weighted by Gasteiger charge is -2.31. The normalized spacial score (nSPS) is 27.6. The molecule has 34 heavy (non-hydrogen) atoms. The third kappa shape index (κ3) is 6.39. The molecule has 2 amide bonds. The Hall–Kier alpha value is -1.93. The van der Waals surface area contributed by atoms with Crippen LogP contribution < -0.4 is 5.32 Å². The third-order valence-corrected chi connectivity index (χ3v) is 8.73. The van der Waals surface area contributed by atoms with Gasteiger partial charge in [-0.3, -0.25) is 9.59 Å². The van der Waals surface area contributed by atoms with Gasteiger partial charge in [-0.2, -0.15) is 0 Å². The Morgan fingerprint density at radius 2 is 1.94 bits per heavy atom. The molecule has 0 bridgehead atoms. The fourth-order valence-electron chi connectivity index (χ4n) is 5.47. The number of piperidine rings is 1. The molecule has 0 unspecified atom stereocenters. The molecule has 5 rings (SSSR count). The maximum atomic E-state index is 12.6. The van der Waals surface area contributed by atoms with E-state index in [1.807, 2.05) is 6.07 Å². The second-order valence-corrected chi connectivity index (χ2v) is 11.5. The van der Waals surface area contributed by atoms with E-state index < -0.39 is 0 Å². The molecular weight excluding hydrogens is 448 g/mol. The molecule has 7 nitrogen and oxygen atoms in total. The lowest BCUT2D eigenvalue weighted by Crippen LogP contribution is -2.39. The van der Waals surface area contributed by atoms with Crippen molar-refractivity contribution in [3.8, 4) is 0 Å². The molecule has 2 aromatic heterocycles. The zero-order valence-electron chi connectivity index (χ0n) is 20.9. The van der Waals surface area contributed by atoms with Crippen molar-refractivity contribution in [2.24, 2.45) is 17.8 Å². The summed E-state index contributed by atoms with van der Waals surface area (Å²) in [6, 6.07) is 2.44. The van der Waals surface area contributed by atoms with E-state index in [0.29, 0.717) is 23.8 Å². The molecule has 0 radical (unpaired) electrons. The van der Waals surface area contributed by atoms with Crippen LogP contribution in [0.5, 0.6) is 0 Å². The van der Waals surface area contributed by atoms with Crippen LogP contribution >= 0.6 is 11.3 Å². The van der Waals surface area contributed by atoms with E-state index in [0.717, 1.165) is 62.5 Å². The lowest BCUT2D eigenvalue weighted by molar-refractivity contribution is -0.123. The molecule has 1 aliphatic heterocycles. The van der Waals surface area contributed by atoms with Crippen LogP contribution in [0.2, 0.25) is 0 Å².